The number of amides is 1. The van der Waals surface area contributed by atoms with Crippen LogP contribution in [0.15, 0.2) is 33.9 Å². The minimum atomic E-state index is -1.15. The normalized spacial score (nSPS) is 14.0. The van der Waals surface area contributed by atoms with E-state index >= 15 is 0 Å². The van der Waals surface area contributed by atoms with Crippen LogP contribution in [0.2, 0.25) is 0 Å². The number of β-amino-alcohol motifs (C(OH)–C–C–N with tert-alkyl or cyclic N) is 1. The summed E-state index contributed by atoms with van der Waals surface area (Å²) in [5.74, 6) is 0.917. The molecule has 1 aliphatic heterocycles. The van der Waals surface area contributed by atoms with Crippen molar-refractivity contribution in [2.45, 2.75) is 33.3 Å². The van der Waals surface area contributed by atoms with Crippen molar-refractivity contribution in [3.8, 4) is 5.75 Å². The zero-order chi connectivity index (χ0) is 23.8. The van der Waals surface area contributed by atoms with Crippen LogP contribution in [-0.4, -0.2) is 55.7 Å². The van der Waals surface area contributed by atoms with Gasteiger partial charge in [-0.3, -0.25) is 9.59 Å². The predicted octanol–water partition coefficient (Wildman–Crippen LogP) is 0.915. The minimum Gasteiger partial charge on any atom is -0.497 e. The molecule has 1 fully saturated rings. The van der Waals surface area contributed by atoms with Crippen molar-refractivity contribution in [3.05, 3.63) is 50.3 Å². The van der Waals surface area contributed by atoms with Gasteiger partial charge in [0.25, 0.3) is 10.9 Å². The van der Waals surface area contributed by atoms with Crippen LogP contribution in [0.4, 0.5) is 16.2 Å². The number of aliphatic hydroxyl groups is 1. The van der Waals surface area contributed by atoms with Crippen LogP contribution in [0.5, 0.6) is 5.75 Å². The first-order chi connectivity index (χ1) is 14.8. The summed E-state index contributed by atoms with van der Waals surface area (Å²) in [4.78, 5) is 31.5. The lowest BCUT2D eigenvalue weighted by atomic mass is 10.2. The Morgan fingerprint density at radius 2 is 1.81 bits per heavy atom. The molecule has 1 saturated heterocycles. The Bertz CT molecular complexity index is 825. The molecule has 7 N–H and O–H groups in total. The molecule has 31 heavy (non-hydrogen) atoms. The quantitative estimate of drug-likeness (QED) is 0.294. The van der Waals surface area contributed by atoms with E-state index in [1.165, 1.54) is 5.56 Å². The largest absolute Gasteiger partial charge is 0.497 e. The fourth-order valence-corrected chi connectivity index (χ4v) is 2.26. The Morgan fingerprint density at radius 1 is 1.19 bits per heavy atom. The lowest BCUT2D eigenvalue weighted by Gasteiger charge is -2.09. The topological polar surface area (TPSA) is 163 Å². The maximum absolute atomic E-state index is 10.8. The highest BCUT2D eigenvalue weighted by atomic mass is 16.5. The first-order valence-corrected chi connectivity index (χ1v) is 10.0. The molecule has 1 amide bonds. The number of nitrogens with one attached hydrogen (secondary N) is 3. The summed E-state index contributed by atoms with van der Waals surface area (Å²) in [6.07, 6.45) is -0.283. The molecule has 1 unspecified atom stereocenters. The predicted molar refractivity (Wildman–Crippen MR) is 123 cm³/mol. The Labute approximate surface area is 182 Å². The smallest absolute Gasteiger partial charge is 0.404 e. The second-order valence-corrected chi connectivity index (χ2v) is 6.27. The van der Waals surface area contributed by atoms with Crippen molar-refractivity contribution in [2.24, 2.45) is 0 Å². The molecule has 10 nitrogen and oxygen atoms in total. The van der Waals surface area contributed by atoms with Crippen molar-refractivity contribution in [3.63, 3.8) is 0 Å². The Balaban J connectivity index is 0.000000452. The van der Waals surface area contributed by atoms with Gasteiger partial charge in [-0.05, 0) is 32.0 Å². The van der Waals surface area contributed by atoms with Crippen molar-refractivity contribution in [1.82, 2.24) is 10.6 Å². The molecule has 3 rings (SSSR count). The second-order valence-electron chi connectivity index (χ2n) is 6.27. The minimum absolute atomic E-state index is 0.0648. The number of nitrogen functional groups attached to an aromatic ring is 1. The van der Waals surface area contributed by atoms with E-state index in [0.29, 0.717) is 0 Å². The van der Waals surface area contributed by atoms with Crippen LogP contribution in [0.25, 0.3) is 0 Å². The molecule has 0 aromatic heterocycles. The highest BCUT2D eigenvalue weighted by Gasteiger charge is 2.16. The van der Waals surface area contributed by atoms with E-state index in [2.05, 4.69) is 22.9 Å². The van der Waals surface area contributed by atoms with E-state index in [4.69, 9.17) is 20.7 Å². The Hall–Kier alpha value is -3.11. The Morgan fingerprint density at radius 3 is 2.19 bits per heavy atom. The summed E-state index contributed by atoms with van der Waals surface area (Å²) in [6.45, 7) is 8.18. The molecule has 0 bridgehead atoms. The monoisotopic (exact) mass is 438 g/mol. The van der Waals surface area contributed by atoms with Gasteiger partial charge < -0.3 is 36.6 Å². The van der Waals surface area contributed by atoms with Crippen LogP contribution >= 0.6 is 0 Å². The second kappa shape index (κ2) is 15.7. The lowest BCUT2D eigenvalue weighted by molar-refractivity contribution is 0.194. The number of nitrogens with two attached hydrogens (primary N) is 1. The zero-order valence-electron chi connectivity index (χ0n) is 18.5. The fraction of sp³-hybridized carbons (Fsp3) is 0.476. The van der Waals surface area contributed by atoms with Crippen LogP contribution in [0.1, 0.15) is 25.8 Å². The molecule has 1 aliphatic rings. The summed E-state index contributed by atoms with van der Waals surface area (Å²) < 4.78 is 4.97. The van der Waals surface area contributed by atoms with Crippen molar-refractivity contribution < 1.29 is 19.7 Å². The van der Waals surface area contributed by atoms with E-state index in [-0.39, 0.29) is 30.6 Å². The van der Waals surface area contributed by atoms with Crippen LogP contribution in [0.3, 0.4) is 0 Å². The third kappa shape index (κ3) is 11.0. The maximum atomic E-state index is 10.8. The van der Waals surface area contributed by atoms with Crippen LogP contribution in [-0.2, 0) is 0 Å². The molecular weight excluding hydrogens is 404 g/mol. The number of anilines is 2. The number of methoxy groups -OCH3 is 1. The number of benzene rings is 1. The van der Waals surface area contributed by atoms with Crippen LogP contribution in [0, 0.1) is 6.92 Å². The molecule has 2 aromatic carbocycles. The van der Waals surface area contributed by atoms with E-state index < -0.39 is 17.0 Å². The SMILES string of the molecule is CC.COc1ccc(C)cc1.Nc1c(NCCNC(=O)O)c(=O)c1=O.OC1CCNC1. The summed E-state index contributed by atoms with van der Waals surface area (Å²) in [5.41, 5.74) is 5.10. The van der Waals surface area contributed by atoms with Gasteiger partial charge >= 0.3 is 6.09 Å². The summed E-state index contributed by atoms with van der Waals surface area (Å²) in [6, 6.07) is 7.96. The van der Waals surface area contributed by atoms with Crippen molar-refractivity contribution in [2.75, 3.05) is 44.3 Å². The van der Waals surface area contributed by atoms with Gasteiger partial charge in [0, 0.05) is 19.6 Å². The summed E-state index contributed by atoms with van der Waals surface area (Å²) in [7, 11) is 1.67. The van der Waals surface area contributed by atoms with Gasteiger partial charge in [-0.1, -0.05) is 31.5 Å². The number of rotatable bonds is 5. The molecular formula is C21H34N4O6. The van der Waals surface area contributed by atoms with Gasteiger partial charge in [0.15, 0.2) is 0 Å². The van der Waals surface area contributed by atoms with Gasteiger partial charge in [0.05, 0.1) is 13.2 Å². The average Bonchev–Trinajstić information content (AvgIpc) is 3.26. The van der Waals surface area contributed by atoms with Gasteiger partial charge in [-0.15, -0.1) is 0 Å². The van der Waals surface area contributed by atoms with Crippen molar-refractivity contribution >= 4 is 17.5 Å². The third-order valence-corrected chi connectivity index (χ3v) is 3.94. The van der Waals surface area contributed by atoms with Gasteiger partial charge in [-0.2, -0.15) is 0 Å². The van der Waals surface area contributed by atoms with E-state index in [1.54, 1.807) is 7.11 Å². The molecule has 0 aliphatic carbocycles. The van der Waals surface area contributed by atoms with E-state index in [9.17, 15) is 14.4 Å². The molecule has 0 saturated carbocycles. The molecule has 1 atom stereocenters. The van der Waals surface area contributed by atoms with E-state index in [0.717, 1.165) is 25.3 Å². The number of aliphatic hydroxyl groups excluding tert-OH is 1. The van der Waals surface area contributed by atoms with Gasteiger partial charge in [-0.25, -0.2) is 4.79 Å². The number of carbonyl (C=O) groups is 1. The molecule has 2 aromatic rings. The first-order valence-electron chi connectivity index (χ1n) is 10.0. The molecule has 0 spiro atoms. The zero-order valence-corrected chi connectivity index (χ0v) is 18.5. The lowest BCUT2D eigenvalue weighted by Crippen LogP contribution is -2.38. The maximum Gasteiger partial charge on any atom is 0.404 e. The van der Waals surface area contributed by atoms with Crippen molar-refractivity contribution in [1.29, 1.82) is 0 Å². The Kier molecular flexibility index (Phi) is 14.1. The number of aryl methyl sites for hydroxylation is 1. The molecule has 0 radical (unpaired) electrons. The van der Waals surface area contributed by atoms with Crippen LogP contribution < -0.4 is 37.3 Å². The number of hydrogen-bond acceptors (Lipinski definition) is 8. The highest BCUT2D eigenvalue weighted by Crippen LogP contribution is 2.09. The molecule has 10 heteroatoms. The summed E-state index contributed by atoms with van der Waals surface area (Å²) >= 11 is 0. The number of ether oxygens (including phenoxy) is 1. The number of hydrogen-bond donors (Lipinski definition) is 6. The summed E-state index contributed by atoms with van der Waals surface area (Å²) in [5, 5.41) is 24.5. The molecule has 1 heterocycles. The fourth-order valence-electron chi connectivity index (χ4n) is 2.26. The highest BCUT2D eigenvalue weighted by molar-refractivity contribution is 5.71. The number of carboxylic acid groups (broad SMARTS) is 1. The van der Waals surface area contributed by atoms with Gasteiger partial charge in [0.1, 0.15) is 17.1 Å². The average molecular weight is 439 g/mol. The molecule has 174 valence electrons. The standard InChI is InChI=1S/C8H10O.C7H9N3O4.C4H9NO.C2H6/c1-7-3-5-8(9-2)6-4-7;8-3-4(6(12)5(3)11)9-1-2-10-7(13)14;6-4-1-2-5-3-4;1-2/h3-6H,1-2H3;9-10H,1-2,8H2,(H,13,14);4-6H,1-3H2;1-2H3. The van der Waals surface area contributed by atoms with E-state index in [1.807, 2.05) is 38.1 Å². The third-order valence-electron chi connectivity index (χ3n) is 3.94. The first kappa shape index (κ1) is 27.9. The van der Waals surface area contributed by atoms with Gasteiger partial charge in [0.2, 0.25) is 0 Å².